The van der Waals surface area contributed by atoms with Crippen LogP contribution in [0, 0.1) is 0 Å². The van der Waals surface area contributed by atoms with Crippen LogP contribution in [0.5, 0.6) is 0 Å². The molecule has 0 aromatic heterocycles. The molecule has 4 aromatic carbocycles. The summed E-state index contributed by atoms with van der Waals surface area (Å²) in [5.41, 5.74) is 3.55. The minimum absolute atomic E-state index is 0.0112. The van der Waals surface area contributed by atoms with Crippen molar-refractivity contribution in [2.75, 3.05) is 13.2 Å². The molecule has 0 saturated carbocycles. The first-order chi connectivity index (χ1) is 20.7. The van der Waals surface area contributed by atoms with Crippen LogP contribution in [-0.2, 0) is 19.1 Å². The lowest BCUT2D eigenvalue weighted by Crippen LogP contribution is -2.44. The number of aliphatic imine (C=N–C) groups is 2. The molecule has 6 rings (SSSR count). The quantitative estimate of drug-likeness (QED) is 0.301. The Hall–Kier alpha value is -5.24. The van der Waals surface area contributed by atoms with Gasteiger partial charge in [-0.15, -0.1) is 0 Å². The summed E-state index contributed by atoms with van der Waals surface area (Å²) < 4.78 is 11.5. The van der Waals surface area contributed by atoms with Gasteiger partial charge in [-0.1, -0.05) is 121 Å². The molecule has 4 aromatic rings. The Morgan fingerprint density at radius 3 is 1.24 bits per heavy atom. The molecule has 2 amide bonds. The number of carbonyl (C=O) groups is 2. The first-order valence-electron chi connectivity index (χ1n) is 13.9. The normalized spacial score (nSPS) is 19.0. The molecule has 8 heteroatoms. The minimum Gasteiger partial charge on any atom is -0.471 e. The van der Waals surface area contributed by atoms with E-state index < -0.39 is 23.9 Å². The van der Waals surface area contributed by atoms with Gasteiger partial charge in [-0.3, -0.25) is 9.59 Å². The van der Waals surface area contributed by atoms with Gasteiger partial charge in [0.05, 0.1) is 12.1 Å². The van der Waals surface area contributed by atoms with Crippen molar-refractivity contribution in [2.45, 2.75) is 24.2 Å². The third kappa shape index (κ3) is 6.07. The fourth-order valence-electron chi connectivity index (χ4n) is 5.13. The molecule has 0 spiro atoms. The molecule has 0 radical (unpaired) electrons. The van der Waals surface area contributed by atoms with Gasteiger partial charge < -0.3 is 20.1 Å². The van der Waals surface area contributed by atoms with E-state index in [0.29, 0.717) is 0 Å². The van der Waals surface area contributed by atoms with E-state index in [9.17, 15) is 9.59 Å². The van der Waals surface area contributed by atoms with Crippen molar-refractivity contribution in [1.82, 2.24) is 10.6 Å². The SMILES string of the molecule is O=C(N[C@H](c1ccccc1)[C@H](NC(=O)C1=N[C@@H](c2ccccc2)CO1)c1ccccc1)C1=N[C@@H](c2ccccc2)CO1. The van der Waals surface area contributed by atoms with Crippen LogP contribution >= 0.6 is 0 Å². The first kappa shape index (κ1) is 27.0. The van der Waals surface area contributed by atoms with Gasteiger partial charge in [0.15, 0.2) is 0 Å². The van der Waals surface area contributed by atoms with Gasteiger partial charge in [0.1, 0.15) is 25.3 Å². The van der Waals surface area contributed by atoms with E-state index in [-0.39, 0.29) is 37.1 Å². The second kappa shape index (κ2) is 12.5. The zero-order valence-electron chi connectivity index (χ0n) is 22.8. The topological polar surface area (TPSA) is 101 Å². The number of nitrogens with one attached hydrogen (secondary N) is 2. The zero-order chi connectivity index (χ0) is 28.7. The van der Waals surface area contributed by atoms with Gasteiger partial charge in [-0.05, 0) is 22.3 Å². The summed E-state index contributed by atoms with van der Waals surface area (Å²) in [6.45, 7) is 0.558. The van der Waals surface area contributed by atoms with Crippen LogP contribution in [0.15, 0.2) is 131 Å². The molecule has 0 aliphatic carbocycles. The first-order valence-corrected chi connectivity index (χ1v) is 13.9. The van der Waals surface area contributed by atoms with Crippen LogP contribution in [0.3, 0.4) is 0 Å². The molecule has 8 nitrogen and oxygen atoms in total. The number of nitrogens with zero attached hydrogens (tertiary/aromatic N) is 2. The second-order valence-corrected chi connectivity index (χ2v) is 10.1. The van der Waals surface area contributed by atoms with Gasteiger partial charge in [0.2, 0.25) is 0 Å². The van der Waals surface area contributed by atoms with Crippen LogP contribution < -0.4 is 10.6 Å². The van der Waals surface area contributed by atoms with Gasteiger partial charge in [0.25, 0.3) is 11.8 Å². The average molecular weight is 559 g/mol. The lowest BCUT2D eigenvalue weighted by atomic mass is 9.93. The summed E-state index contributed by atoms with van der Waals surface area (Å²) in [4.78, 5) is 36.2. The van der Waals surface area contributed by atoms with Crippen LogP contribution in [0.4, 0.5) is 0 Å². The van der Waals surface area contributed by atoms with E-state index in [1.807, 2.05) is 121 Å². The predicted octanol–water partition coefficient (Wildman–Crippen LogP) is 5.04. The van der Waals surface area contributed by atoms with E-state index in [1.165, 1.54) is 0 Å². The minimum atomic E-state index is -0.654. The third-order valence-corrected chi connectivity index (χ3v) is 7.28. The number of hydrogen-bond donors (Lipinski definition) is 2. The molecule has 2 aliphatic rings. The molecule has 42 heavy (non-hydrogen) atoms. The maximum absolute atomic E-state index is 13.6. The van der Waals surface area contributed by atoms with Crippen molar-refractivity contribution in [3.8, 4) is 0 Å². The monoisotopic (exact) mass is 558 g/mol. The summed E-state index contributed by atoms with van der Waals surface area (Å²) in [5, 5.41) is 6.17. The molecular weight excluding hydrogens is 528 g/mol. The zero-order valence-corrected chi connectivity index (χ0v) is 22.8. The van der Waals surface area contributed by atoms with Gasteiger partial charge >= 0.3 is 11.8 Å². The maximum Gasteiger partial charge on any atom is 0.306 e. The molecule has 0 fully saturated rings. The van der Waals surface area contributed by atoms with E-state index in [0.717, 1.165) is 22.3 Å². The van der Waals surface area contributed by atoms with Crippen molar-refractivity contribution >= 4 is 23.6 Å². The molecule has 2 N–H and O–H groups in total. The van der Waals surface area contributed by atoms with E-state index in [4.69, 9.17) is 9.47 Å². The summed E-state index contributed by atoms with van der Waals surface area (Å²) in [6.07, 6.45) is 0. The molecule has 210 valence electrons. The summed E-state index contributed by atoms with van der Waals surface area (Å²) in [6, 6.07) is 36.6. The lowest BCUT2D eigenvalue weighted by Gasteiger charge is -2.29. The van der Waals surface area contributed by atoms with E-state index >= 15 is 0 Å². The second-order valence-electron chi connectivity index (χ2n) is 10.1. The smallest absolute Gasteiger partial charge is 0.306 e. The summed E-state index contributed by atoms with van der Waals surface area (Å²) >= 11 is 0. The van der Waals surface area contributed by atoms with Gasteiger partial charge in [-0.25, -0.2) is 9.98 Å². The summed E-state index contributed by atoms with van der Waals surface area (Å²) in [7, 11) is 0. The van der Waals surface area contributed by atoms with Gasteiger partial charge in [-0.2, -0.15) is 0 Å². The Balaban J connectivity index is 1.28. The van der Waals surface area contributed by atoms with Crippen molar-refractivity contribution in [2.24, 2.45) is 9.98 Å². The lowest BCUT2D eigenvalue weighted by molar-refractivity contribution is -0.119. The average Bonchev–Trinajstić information content (AvgIpc) is 3.76. The van der Waals surface area contributed by atoms with Gasteiger partial charge in [0, 0.05) is 0 Å². The highest BCUT2D eigenvalue weighted by atomic mass is 16.5. The number of rotatable bonds is 9. The molecule has 0 unspecified atom stereocenters. The Morgan fingerprint density at radius 1 is 0.548 bits per heavy atom. The molecule has 0 saturated heterocycles. The van der Waals surface area contributed by atoms with Crippen molar-refractivity contribution in [1.29, 1.82) is 0 Å². The third-order valence-electron chi connectivity index (χ3n) is 7.28. The molecule has 2 aliphatic heterocycles. The van der Waals surface area contributed by atoms with E-state index in [2.05, 4.69) is 20.6 Å². The largest absolute Gasteiger partial charge is 0.471 e. The maximum atomic E-state index is 13.6. The van der Waals surface area contributed by atoms with Crippen LogP contribution in [0.2, 0.25) is 0 Å². The van der Waals surface area contributed by atoms with Crippen LogP contribution in [0.1, 0.15) is 46.4 Å². The highest BCUT2D eigenvalue weighted by Gasteiger charge is 2.34. The molecule has 4 atom stereocenters. The number of benzene rings is 4. The van der Waals surface area contributed by atoms with Crippen molar-refractivity contribution in [3.05, 3.63) is 144 Å². The number of carbonyl (C=O) groups excluding carboxylic acids is 2. The highest BCUT2D eigenvalue weighted by Crippen LogP contribution is 2.31. The molecule has 0 bridgehead atoms. The van der Waals surface area contributed by atoms with Crippen LogP contribution in [-0.4, -0.2) is 36.8 Å². The number of ether oxygens (including phenoxy) is 2. The molecular formula is C34H30N4O4. The Labute approximate surface area is 244 Å². The fraction of sp³-hybridized carbons (Fsp3) is 0.176. The highest BCUT2D eigenvalue weighted by molar-refractivity contribution is 6.36. The Morgan fingerprint density at radius 2 is 0.881 bits per heavy atom. The number of amides is 2. The standard InChI is InChI=1S/C34H30N4O4/c39-31(33-35-27(21-41-33)23-13-5-1-6-14-23)37-29(25-17-9-3-10-18-25)30(26-19-11-4-12-20-26)38-32(40)34-36-28(22-42-34)24-15-7-2-8-16-24/h1-20,27-30H,21-22H2,(H,37,39)(H,38,40)/t27-,28-,29-,30-/m1/s1. The Kier molecular flexibility index (Phi) is 8.03. The molecule has 2 heterocycles. The fourth-order valence-corrected chi connectivity index (χ4v) is 5.13. The van der Waals surface area contributed by atoms with Crippen molar-refractivity contribution < 1.29 is 19.1 Å². The van der Waals surface area contributed by atoms with E-state index in [1.54, 1.807) is 0 Å². The number of hydrogen-bond acceptors (Lipinski definition) is 6. The van der Waals surface area contributed by atoms with Crippen molar-refractivity contribution in [3.63, 3.8) is 0 Å². The predicted molar refractivity (Wildman–Crippen MR) is 160 cm³/mol. The van der Waals surface area contributed by atoms with Crippen LogP contribution in [0.25, 0.3) is 0 Å². The summed E-state index contributed by atoms with van der Waals surface area (Å²) in [5.74, 6) is -0.902. The Bertz CT molecular complexity index is 1460.